The van der Waals surface area contributed by atoms with Gasteiger partial charge in [0, 0.05) is 6.20 Å². The summed E-state index contributed by atoms with van der Waals surface area (Å²) in [5.74, 6) is 2.87. The summed E-state index contributed by atoms with van der Waals surface area (Å²) in [5.41, 5.74) is 12.4. The van der Waals surface area contributed by atoms with E-state index in [1.807, 2.05) is 24.4 Å². The fourth-order valence-electron chi connectivity index (χ4n) is 5.91. The summed E-state index contributed by atoms with van der Waals surface area (Å²) in [5, 5.41) is 11.0. The monoisotopic (exact) mass is 429 g/mol. The predicted octanol–water partition coefficient (Wildman–Crippen LogP) is 5.13. The smallest absolute Gasteiger partial charge is 0.184 e. The van der Waals surface area contributed by atoms with Crippen LogP contribution >= 0.6 is 0 Å². The van der Waals surface area contributed by atoms with Crippen LogP contribution in [0.2, 0.25) is 0 Å². The third kappa shape index (κ3) is 3.87. The van der Waals surface area contributed by atoms with Crippen molar-refractivity contribution in [2.75, 3.05) is 0 Å². The lowest BCUT2D eigenvalue weighted by atomic mass is 9.15. The highest BCUT2D eigenvalue weighted by Gasteiger charge is 2.35. The molecule has 0 fully saturated rings. The van der Waals surface area contributed by atoms with Crippen LogP contribution in [0.1, 0.15) is 33.4 Å². The summed E-state index contributed by atoms with van der Waals surface area (Å²) in [4.78, 5) is 4.49. The van der Waals surface area contributed by atoms with Gasteiger partial charge in [-0.05, 0) is 59.2 Å². The molecule has 0 aliphatic heterocycles. The molecule has 0 atom stereocenters. The molecule has 0 radical (unpaired) electrons. The maximum Gasteiger partial charge on any atom is 0.184 e. The van der Waals surface area contributed by atoms with Crippen LogP contribution < -0.4 is 16.4 Å². The van der Waals surface area contributed by atoms with Crippen LogP contribution in [0, 0.1) is 52.8 Å². The molecule has 33 heavy (non-hydrogen) atoms. The molecule has 0 aliphatic rings. The molecular formula is C30H30BN2-. The molecule has 0 bridgehead atoms. The zero-order valence-corrected chi connectivity index (χ0v) is 20.4. The standard InChI is InChI=1S/C30H30BN2/c1-20-15-22(3)29(23(4)16-20)31(19-32,30-24(5)17-21(2)18-25(30)6)27-12-10-26(11-13-27)28-9-7-8-14-33-28/h7-18H,1-6H3/q-1. The molecule has 4 rings (SSSR count). The quantitative estimate of drug-likeness (QED) is 0.422. The third-order valence-electron chi connectivity index (χ3n) is 6.91. The lowest BCUT2D eigenvalue weighted by Gasteiger charge is -2.41. The Morgan fingerprint density at radius 1 is 0.667 bits per heavy atom. The second-order valence-electron chi connectivity index (χ2n) is 9.46. The van der Waals surface area contributed by atoms with Crippen molar-refractivity contribution in [3.05, 3.63) is 106 Å². The van der Waals surface area contributed by atoms with Gasteiger partial charge in [0.1, 0.15) is 0 Å². The van der Waals surface area contributed by atoms with E-state index in [0.717, 1.165) is 27.6 Å². The van der Waals surface area contributed by atoms with Gasteiger partial charge in [-0.15, -0.1) is 5.97 Å². The molecule has 0 aliphatic carbocycles. The first kappa shape index (κ1) is 22.6. The van der Waals surface area contributed by atoms with Gasteiger partial charge in [-0.25, -0.2) is 5.26 Å². The summed E-state index contributed by atoms with van der Waals surface area (Å²) in [7, 11) is 0. The highest BCUT2D eigenvalue weighted by molar-refractivity contribution is 7.17. The van der Waals surface area contributed by atoms with Gasteiger partial charge in [-0.2, -0.15) is 16.4 Å². The van der Waals surface area contributed by atoms with Gasteiger partial charge >= 0.3 is 0 Å². The van der Waals surface area contributed by atoms with Gasteiger partial charge in [0.05, 0.1) is 5.69 Å². The molecular weight excluding hydrogens is 399 g/mol. The lowest BCUT2D eigenvalue weighted by molar-refractivity contribution is 1.32. The molecule has 0 saturated heterocycles. The van der Waals surface area contributed by atoms with Crippen LogP contribution in [-0.4, -0.2) is 11.1 Å². The second kappa shape index (κ2) is 8.72. The number of nitriles is 1. The Bertz CT molecular complexity index is 1260. The van der Waals surface area contributed by atoms with Crippen LogP contribution in [0.3, 0.4) is 0 Å². The van der Waals surface area contributed by atoms with Crippen molar-refractivity contribution >= 4 is 22.5 Å². The van der Waals surface area contributed by atoms with E-state index in [1.54, 1.807) is 0 Å². The molecule has 0 unspecified atom stereocenters. The average Bonchev–Trinajstić information content (AvgIpc) is 2.77. The number of aromatic nitrogens is 1. The number of pyridine rings is 1. The topological polar surface area (TPSA) is 36.7 Å². The van der Waals surface area contributed by atoms with Crippen molar-refractivity contribution < 1.29 is 0 Å². The number of rotatable bonds is 4. The summed E-state index contributed by atoms with van der Waals surface area (Å²) in [6.07, 6.45) is -0.0226. The number of hydrogen-bond acceptors (Lipinski definition) is 2. The molecule has 0 saturated carbocycles. The van der Waals surface area contributed by atoms with Gasteiger partial charge in [0.2, 0.25) is 0 Å². The number of hydrogen-bond donors (Lipinski definition) is 0. The maximum absolute atomic E-state index is 11.0. The highest BCUT2D eigenvalue weighted by atomic mass is 14.7. The van der Waals surface area contributed by atoms with Crippen LogP contribution in [0.4, 0.5) is 0 Å². The summed E-state index contributed by atoms with van der Waals surface area (Å²) in [6.45, 7) is 12.8. The molecule has 0 spiro atoms. The normalized spacial score (nSPS) is 11.3. The van der Waals surface area contributed by atoms with Crippen molar-refractivity contribution in [2.45, 2.75) is 41.5 Å². The Morgan fingerprint density at radius 2 is 1.15 bits per heavy atom. The maximum atomic E-state index is 11.0. The van der Waals surface area contributed by atoms with Crippen molar-refractivity contribution in [3.63, 3.8) is 0 Å². The van der Waals surface area contributed by atoms with E-state index in [0.29, 0.717) is 0 Å². The van der Waals surface area contributed by atoms with Gasteiger partial charge in [-0.3, -0.25) is 4.98 Å². The van der Waals surface area contributed by atoms with Crippen molar-refractivity contribution in [3.8, 4) is 17.2 Å². The van der Waals surface area contributed by atoms with Gasteiger partial charge in [-0.1, -0.05) is 88.0 Å². The number of benzene rings is 3. The van der Waals surface area contributed by atoms with E-state index in [-0.39, 0.29) is 0 Å². The first-order valence-corrected chi connectivity index (χ1v) is 11.5. The number of nitrogens with zero attached hydrogens (tertiary/aromatic N) is 2. The molecule has 1 heterocycles. The summed E-state index contributed by atoms with van der Waals surface area (Å²) < 4.78 is 0. The zero-order valence-electron chi connectivity index (χ0n) is 20.4. The average molecular weight is 429 g/mol. The Hall–Kier alpha value is -3.64. The minimum atomic E-state index is -1.83. The fourth-order valence-corrected chi connectivity index (χ4v) is 5.91. The van der Waals surface area contributed by atoms with Crippen molar-refractivity contribution in [1.82, 2.24) is 4.98 Å². The fraction of sp³-hybridized carbons (Fsp3) is 0.200. The first-order valence-electron chi connectivity index (χ1n) is 11.5. The molecule has 0 N–H and O–H groups in total. The predicted molar refractivity (Wildman–Crippen MR) is 141 cm³/mol. The Labute approximate surface area is 197 Å². The SMILES string of the molecule is Cc1cc(C)c([B-](C#N)(c2ccc(-c3ccccn3)cc2)c2c(C)cc(C)cc2C)c(C)c1. The molecule has 1 aromatic heterocycles. The van der Waals surface area contributed by atoms with Gasteiger partial charge in [0.15, 0.2) is 6.15 Å². The van der Waals surface area contributed by atoms with Crippen molar-refractivity contribution in [1.29, 1.82) is 5.26 Å². The van der Waals surface area contributed by atoms with Gasteiger partial charge in [0.25, 0.3) is 0 Å². The third-order valence-corrected chi connectivity index (χ3v) is 6.91. The molecule has 3 aromatic carbocycles. The van der Waals surface area contributed by atoms with E-state index in [2.05, 4.69) is 101 Å². The number of aryl methyl sites for hydroxylation is 6. The second-order valence-corrected chi connectivity index (χ2v) is 9.46. The molecule has 2 nitrogen and oxygen atoms in total. The largest absolute Gasteiger partial charge is 0.256 e. The molecule has 4 aromatic rings. The zero-order chi connectivity index (χ0) is 23.8. The minimum Gasteiger partial charge on any atom is -0.256 e. The van der Waals surface area contributed by atoms with Crippen LogP contribution in [0.25, 0.3) is 11.3 Å². The van der Waals surface area contributed by atoms with Crippen LogP contribution in [-0.2, 0) is 0 Å². The first-order chi connectivity index (χ1) is 15.8. The van der Waals surface area contributed by atoms with Crippen LogP contribution in [0.5, 0.6) is 0 Å². The van der Waals surface area contributed by atoms with Gasteiger partial charge < -0.3 is 0 Å². The molecule has 164 valence electrons. The van der Waals surface area contributed by atoms with E-state index in [1.165, 1.54) is 33.4 Å². The Morgan fingerprint density at radius 3 is 1.55 bits per heavy atom. The molecule has 3 heteroatoms. The Balaban J connectivity index is 2.06. The summed E-state index contributed by atoms with van der Waals surface area (Å²) >= 11 is 0. The Kier molecular flexibility index (Phi) is 5.96. The van der Waals surface area contributed by atoms with Crippen LogP contribution in [0.15, 0.2) is 72.9 Å². The van der Waals surface area contributed by atoms with E-state index in [4.69, 9.17) is 0 Å². The summed E-state index contributed by atoms with van der Waals surface area (Å²) in [6, 6.07) is 23.2. The highest BCUT2D eigenvalue weighted by Crippen LogP contribution is 2.21. The van der Waals surface area contributed by atoms with E-state index in [9.17, 15) is 5.26 Å². The van der Waals surface area contributed by atoms with Crippen molar-refractivity contribution in [2.24, 2.45) is 0 Å². The molecule has 0 amide bonds. The van der Waals surface area contributed by atoms with E-state index < -0.39 is 6.15 Å². The minimum absolute atomic E-state index is 0.935. The van der Waals surface area contributed by atoms with E-state index >= 15 is 0 Å². The lowest BCUT2D eigenvalue weighted by Crippen LogP contribution is -2.69.